The first-order valence-corrected chi connectivity index (χ1v) is 6.82. The molecule has 2 aromatic rings. The van der Waals surface area contributed by atoms with Crippen LogP contribution >= 0.6 is 0 Å². The predicted octanol–water partition coefficient (Wildman–Crippen LogP) is 3.05. The molecule has 1 aromatic heterocycles. The number of ether oxygens (including phenoxy) is 2. The number of aromatic nitrogens is 2. The molecule has 1 aromatic carbocycles. The molecule has 5 nitrogen and oxygen atoms in total. The maximum absolute atomic E-state index is 12.4. The first kappa shape index (κ1) is 18.0. The summed E-state index contributed by atoms with van der Waals surface area (Å²) in [5, 5.41) is 4.02. The van der Waals surface area contributed by atoms with Crippen LogP contribution in [-0.2, 0) is 6.54 Å². The van der Waals surface area contributed by atoms with Crippen molar-refractivity contribution < 1.29 is 31.4 Å². The van der Waals surface area contributed by atoms with Gasteiger partial charge in [0.2, 0.25) is 0 Å². The Balaban J connectivity index is 2.33. The van der Waals surface area contributed by atoms with Crippen molar-refractivity contribution in [1.82, 2.24) is 9.78 Å². The van der Waals surface area contributed by atoms with E-state index in [0.29, 0.717) is 24.2 Å². The molecule has 0 atom stereocenters. The minimum absolute atomic E-state index is 0.163. The lowest BCUT2D eigenvalue weighted by molar-refractivity contribution is -0.274. The van der Waals surface area contributed by atoms with Gasteiger partial charge in [-0.3, -0.25) is 4.68 Å². The molecule has 1 heterocycles. The fourth-order valence-corrected chi connectivity index (χ4v) is 1.97. The molecule has 24 heavy (non-hydrogen) atoms. The molecule has 0 aliphatic carbocycles. The van der Waals surface area contributed by atoms with Crippen LogP contribution in [0.15, 0.2) is 30.6 Å². The SMILES string of the molecule is NCCn1cc(-c2ccc(OC(F)(F)F)cc2OCC(F)F)cn1. The summed E-state index contributed by atoms with van der Waals surface area (Å²) in [7, 11) is 0. The number of benzene rings is 1. The molecule has 2 rings (SSSR count). The smallest absolute Gasteiger partial charge is 0.487 e. The van der Waals surface area contributed by atoms with Gasteiger partial charge < -0.3 is 15.2 Å². The van der Waals surface area contributed by atoms with Crippen LogP contribution in [0.5, 0.6) is 11.5 Å². The molecule has 0 saturated heterocycles. The van der Waals surface area contributed by atoms with Gasteiger partial charge >= 0.3 is 6.36 Å². The van der Waals surface area contributed by atoms with E-state index in [0.717, 1.165) is 12.1 Å². The summed E-state index contributed by atoms with van der Waals surface area (Å²) in [5.74, 6) is -0.728. The molecular weight excluding hydrogens is 337 g/mol. The quantitative estimate of drug-likeness (QED) is 0.779. The molecule has 0 fully saturated rings. The summed E-state index contributed by atoms with van der Waals surface area (Å²) in [5.41, 5.74) is 6.21. The van der Waals surface area contributed by atoms with Gasteiger partial charge in [0, 0.05) is 29.9 Å². The largest absolute Gasteiger partial charge is 0.573 e. The van der Waals surface area contributed by atoms with E-state index < -0.39 is 25.1 Å². The first-order chi connectivity index (χ1) is 11.3. The van der Waals surface area contributed by atoms with E-state index >= 15 is 0 Å². The van der Waals surface area contributed by atoms with Crippen LogP contribution in [0, 0.1) is 0 Å². The zero-order valence-electron chi connectivity index (χ0n) is 12.3. The van der Waals surface area contributed by atoms with Crippen molar-refractivity contribution in [3.8, 4) is 22.6 Å². The average Bonchev–Trinajstić information content (AvgIpc) is 2.92. The van der Waals surface area contributed by atoms with Gasteiger partial charge in [0.1, 0.15) is 18.1 Å². The number of halogens is 5. The maximum atomic E-state index is 12.4. The molecule has 0 saturated carbocycles. The van der Waals surface area contributed by atoms with Crippen molar-refractivity contribution in [3.05, 3.63) is 30.6 Å². The third-order valence-electron chi connectivity index (χ3n) is 2.85. The highest BCUT2D eigenvalue weighted by molar-refractivity contribution is 5.70. The highest BCUT2D eigenvalue weighted by atomic mass is 19.4. The lowest BCUT2D eigenvalue weighted by Crippen LogP contribution is -2.17. The summed E-state index contributed by atoms with van der Waals surface area (Å²) in [6, 6.07) is 3.26. The van der Waals surface area contributed by atoms with E-state index in [-0.39, 0.29) is 5.75 Å². The van der Waals surface area contributed by atoms with Crippen molar-refractivity contribution in [1.29, 1.82) is 0 Å². The Kier molecular flexibility index (Phi) is 5.60. The lowest BCUT2D eigenvalue weighted by Gasteiger charge is -2.14. The summed E-state index contributed by atoms with van der Waals surface area (Å²) in [6.45, 7) is -0.184. The van der Waals surface area contributed by atoms with Crippen molar-refractivity contribution in [2.24, 2.45) is 5.73 Å². The number of nitrogens with two attached hydrogens (primary N) is 1. The van der Waals surface area contributed by atoms with E-state index in [4.69, 9.17) is 10.5 Å². The van der Waals surface area contributed by atoms with Crippen LogP contribution < -0.4 is 15.2 Å². The topological polar surface area (TPSA) is 62.3 Å². The van der Waals surface area contributed by atoms with Crippen molar-refractivity contribution >= 4 is 0 Å². The maximum Gasteiger partial charge on any atom is 0.573 e. The van der Waals surface area contributed by atoms with Crippen molar-refractivity contribution in [2.45, 2.75) is 19.3 Å². The summed E-state index contributed by atoms with van der Waals surface area (Å²) in [6.07, 6.45) is -4.65. The van der Waals surface area contributed by atoms with Gasteiger partial charge in [0.15, 0.2) is 0 Å². The Morgan fingerprint density at radius 1 is 1.25 bits per heavy atom. The van der Waals surface area contributed by atoms with E-state index in [1.165, 1.54) is 16.9 Å². The van der Waals surface area contributed by atoms with Gasteiger partial charge in [-0.1, -0.05) is 0 Å². The van der Waals surface area contributed by atoms with Gasteiger partial charge in [0.25, 0.3) is 6.43 Å². The molecule has 2 N–H and O–H groups in total. The fraction of sp³-hybridized carbons (Fsp3) is 0.357. The minimum atomic E-state index is -4.90. The number of hydrogen-bond acceptors (Lipinski definition) is 4. The first-order valence-electron chi connectivity index (χ1n) is 6.82. The zero-order valence-corrected chi connectivity index (χ0v) is 12.3. The number of nitrogens with zero attached hydrogens (tertiary/aromatic N) is 2. The average molecular weight is 351 g/mol. The van der Waals surface area contributed by atoms with E-state index in [2.05, 4.69) is 9.84 Å². The monoisotopic (exact) mass is 351 g/mol. The second-order valence-corrected chi connectivity index (χ2v) is 4.69. The molecule has 132 valence electrons. The second kappa shape index (κ2) is 7.47. The third-order valence-corrected chi connectivity index (χ3v) is 2.85. The van der Waals surface area contributed by atoms with Gasteiger partial charge in [-0.15, -0.1) is 13.2 Å². The van der Waals surface area contributed by atoms with E-state index in [1.807, 2.05) is 0 Å². The molecule has 10 heteroatoms. The number of rotatable bonds is 7. The Morgan fingerprint density at radius 3 is 2.62 bits per heavy atom. The summed E-state index contributed by atoms with van der Waals surface area (Å²) in [4.78, 5) is 0. The molecule has 0 aliphatic rings. The van der Waals surface area contributed by atoms with Gasteiger partial charge in [-0.2, -0.15) is 5.10 Å². The van der Waals surface area contributed by atoms with Crippen molar-refractivity contribution in [3.63, 3.8) is 0 Å². The molecule has 0 unspecified atom stereocenters. The van der Waals surface area contributed by atoms with Crippen LogP contribution in [0.3, 0.4) is 0 Å². The van der Waals surface area contributed by atoms with Gasteiger partial charge in [0.05, 0.1) is 12.7 Å². The molecular formula is C14H14F5N3O2. The lowest BCUT2D eigenvalue weighted by atomic mass is 10.1. The van der Waals surface area contributed by atoms with Gasteiger partial charge in [-0.25, -0.2) is 8.78 Å². The zero-order chi connectivity index (χ0) is 17.7. The summed E-state index contributed by atoms with van der Waals surface area (Å²) >= 11 is 0. The molecule has 0 aliphatic heterocycles. The Hall–Kier alpha value is -2.36. The molecule has 0 bridgehead atoms. The normalized spacial score (nSPS) is 11.8. The van der Waals surface area contributed by atoms with Crippen LogP contribution in [0.1, 0.15) is 0 Å². The third kappa shape index (κ3) is 5.08. The van der Waals surface area contributed by atoms with Crippen LogP contribution in [-0.4, -0.2) is 35.7 Å². The highest BCUT2D eigenvalue weighted by Crippen LogP contribution is 2.35. The second-order valence-electron chi connectivity index (χ2n) is 4.69. The van der Waals surface area contributed by atoms with Crippen molar-refractivity contribution in [2.75, 3.05) is 13.2 Å². The van der Waals surface area contributed by atoms with Crippen LogP contribution in [0.2, 0.25) is 0 Å². The fourth-order valence-electron chi connectivity index (χ4n) is 1.97. The Morgan fingerprint density at radius 2 is 2.00 bits per heavy atom. The number of hydrogen-bond donors (Lipinski definition) is 1. The molecule has 0 radical (unpaired) electrons. The number of alkyl halides is 5. The predicted molar refractivity (Wildman–Crippen MR) is 74.9 cm³/mol. The van der Waals surface area contributed by atoms with Gasteiger partial charge in [-0.05, 0) is 12.1 Å². The van der Waals surface area contributed by atoms with E-state index in [9.17, 15) is 22.0 Å². The standard InChI is InChI=1S/C14H14F5N3O2/c15-13(16)8-23-12-5-10(24-14(17,18)19)1-2-11(12)9-6-21-22(7-9)4-3-20/h1-2,5-7,13H,3-4,8,20H2. The molecule has 0 spiro atoms. The van der Waals surface area contributed by atoms with Crippen LogP contribution in [0.4, 0.5) is 22.0 Å². The Bertz CT molecular complexity index is 673. The Labute approximate surface area is 133 Å². The van der Waals surface area contributed by atoms with E-state index in [1.54, 1.807) is 6.20 Å². The molecule has 0 amide bonds. The van der Waals surface area contributed by atoms with Crippen LogP contribution in [0.25, 0.3) is 11.1 Å². The highest BCUT2D eigenvalue weighted by Gasteiger charge is 2.31. The minimum Gasteiger partial charge on any atom is -0.487 e. The summed E-state index contributed by atoms with van der Waals surface area (Å²) < 4.78 is 71.8.